The molecule has 0 fully saturated rings. The molecule has 104 valence electrons. The molecule has 0 amide bonds. The second kappa shape index (κ2) is 6.27. The van der Waals surface area contributed by atoms with Gasteiger partial charge in [-0.05, 0) is 47.0 Å². The monoisotopic (exact) mass is 274 g/mol. The topological polar surface area (TPSA) is 9.23 Å². The van der Waals surface area contributed by atoms with Crippen LogP contribution < -0.4 is 4.74 Å². The Morgan fingerprint density at radius 2 is 1.62 bits per heavy atom. The Labute approximate surface area is 125 Å². The van der Waals surface area contributed by atoms with Gasteiger partial charge in [0, 0.05) is 0 Å². The zero-order valence-electron chi connectivity index (χ0n) is 12.1. The van der Waals surface area contributed by atoms with E-state index in [1.165, 1.54) is 21.9 Å². The van der Waals surface area contributed by atoms with E-state index >= 15 is 0 Å². The fourth-order valence-corrected chi connectivity index (χ4v) is 2.35. The van der Waals surface area contributed by atoms with Gasteiger partial charge in [0.25, 0.3) is 0 Å². The van der Waals surface area contributed by atoms with Crippen molar-refractivity contribution in [2.24, 2.45) is 0 Å². The molecular weight excluding hydrogens is 256 g/mol. The van der Waals surface area contributed by atoms with Crippen LogP contribution in [0.3, 0.4) is 0 Å². The van der Waals surface area contributed by atoms with E-state index in [2.05, 4.69) is 67.6 Å². The minimum atomic E-state index is 0.576. The summed E-state index contributed by atoms with van der Waals surface area (Å²) in [6.45, 7) is 2.69. The van der Waals surface area contributed by atoms with Gasteiger partial charge in [0.05, 0.1) is 0 Å². The molecule has 0 aliphatic heterocycles. The summed E-state index contributed by atoms with van der Waals surface area (Å²) >= 11 is 0. The fourth-order valence-electron chi connectivity index (χ4n) is 2.35. The van der Waals surface area contributed by atoms with Crippen LogP contribution >= 0.6 is 0 Å². The van der Waals surface area contributed by atoms with E-state index in [0.717, 1.165) is 5.75 Å². The first-order valence-electron chi connectivity index (χ1n) is 7.17. The second-order valence-electron chi connectivity index (χ2n) is 5.08. The third-order valence-corrected chi connectivity index (χ3v) is 3.55. The molecule has 0 atom stereocenters. The van der Waals surface area contributed by atoms with Gasteiger partial charge in [-0.1, -0.05) is 60.7 Å². The molecule has 0 saturated heterocycles. The van der Waals surface area contributed by atoms with Crippen LogP contribution in [0.2, 0.25) is 0 Å². The molecule has 1 nitrogen and oxygen atoms in total. The molecule has 0 bridgehead atoms. The van der Waals surface area contributed by atoms with Gasteiger partial charge in [0.2, 0.25) is 0 Å². The van der Waals surface area contributed by atoms with Crippen LogP contribution in [0.15, 0.2) is 72.8 Å². The number of hydrogen-bond donors (Lipinski definition) is 0. The van der Waals surface area contributed by atoms with Crippen molar-refractivity contribution in [2.45, 2.75) is 6.92 Å². The van der Waals surface area contributed by atoms with Gasteiger partial charge < -0.3 is 4.74 Å². The quantitative estimate of drug-likeness (QED) is 0.632. The predicted molar refractivity (Wildman–Crippen MR) is 89.7 cm³/mol. The lowest BCUT2D eigenvalue weighted by atomic mass is 10.1. The van der Waals surface area contributed by atoms with Crippen LogP contribution in [-0.4, -0.2) is 6.61 Å². The van der Waals surface area contributed by atoms with Gasteiger partial charge >= 0.3 is 0 Å². The Morgan fingerprint density at radius 3 is 2.48 bits per heavy atom. The Kier molecular flexibility index (Phi) is 4.02. The second-order valence-corrected chi connectivity index (χ2v) is 5.08. The molecule has 0 saturated carbocycles. The van der Waals surface area contributed by atoms with Crippen molar-refractivity contribution in [3.63, 3.8) is 0 Å². The minimum absolute atomic E-state index is 0.576. The number of ether oxygens (including phenoxy) is 1. The first-order valence-corrected chi connectivity index (χ1v) is 7.17. The third kappa shape index (κ3) is 3.32. The van der Waals surface area contributed by atoms with Crippen LogP contribution in [0.1, 0.15) is 11.1 Å². The maximum absolute atomic E-state index is 5.79. The molecular formula is C20H18O. The summed E-state index contributed by atoms with van der Waals surface area (Å²) in [5.74, 6) is 0.906. The molecule has 3 aromatic carbocycles. The number of fused-ring (bicyclic) bond motifs is 1. The molecule has 3 rings (SSSR count). The van der Waals surface area contributed by atoms with Crippen molar-refractivity contribution in [1.82, 2.24) is 0 Å². The normalized spacial score (nSPS) is 11.1. The van der Waals surface area contributed by atoms with Gasteiger partial charge in [0.15, 0.2) is 0 Å². The lowest BCUT2D eigenvalue weighted by molar-refractivity contribution is 0.364. The highest BCUT2D eigenvalue weighted by Crippen LogP contribution is 2.20. The number of aryl methyl sites for hydroxylation is 1. The SMILES string of the molecule is Cc1ccccc1/C=C\COc1ccc2ccccc2c1. The maximum Gasteiger partial charge on any atom is 0.120 e. The summed E-state index contributed by atoms with van der Waals surface area (Å²) in [5, 5.41) is 2.44. The Hall–Kier alpha value is -2.54. The molecule has 3 aromatic rings. The van der Waals surface area contributed by atoms with Crippen molar-refractivity contribution in [1.29, 1.82) is 0 Å². The van der Waals surface area contributed by atoms with E-state index in [4.69, 9.17) is 4.74 Å². The average Bonchev–Trinajstić information content (AvgIpc) is 2.53. The third-order valence-electron chi connectivity index (χ3n) is 3.55. The standard InChI is InChI=1S/C20H18O/c1-16-7-2-3-8-17(16)11-6-14-21-20-13-12-18-9-4-5-10-19(18)15-20/h2-13,15H,14H2,1H3/b11-6-. The van der Waals surface area contributed by atoms with Gasteiger partial charge in [0.1, 0.15) is 12.4 Å². The summed E-state index contributed by atoms with van der Waals surface area (Å²) in [6.07, 6.45) is 4.16. The summed E-state index contributed by atoms with van der Waals surface area (Å²) in [7, 11) is 0. The number of hydrogen-bond acceptors (Lipinski definition) is 1. The lowest BCUT2D eigenvalue weighted by Gasteiger charge is -2.05. The minimum Gasteiger partial charge on any atom is -0.490 e. The Morgan fingerprint density at radius 1 is 0.857 bits per heavy atom. The molecule has 0 spiro atoms. The fraction of sp³-hybridized carbons (Fsp3) is 0.100. The van der Waals surface area contributed by atoms with E-state index in [-0.39, 0.29) is 0 Å². The van der Waals surface area contributed by atoms with Crippen LogP contribution in [0.5, 0.6) is 5.75 Å². The van der Waals surface area contributed by atoms with E-state index in [9.17, 15) is 0 Å². The average molecular weight is 274 g/mol. The number of rotatable bonds is 4. The predicted octanol–water partition coefficient (Wildman–Crippen LogP) is 5.24. The van der Waals surface area contributed by atoms with Crippen LogP contribution in [-0.2, 0) is 0 Å². The van der Waals surface area contributed by atoms with Crippen LogP contribution in [0, 0.1) is 6.92 Å². The maximum atomic E-state index is 5.79. The van der Waals surface area contributed by atoms with Gasteiger partial charge in [-0.2, -0.15) is 0 Å². The van der Waals surface area contributed by atoms with Crippen LogP contribution in [0.4, 0.5) is 0 Å². The summed E-state index contributed by atoms with van der Waals surface area (Å²) < 4.78 is 5.79. The van der Waals surface area contributed by atoms with E-state index in [1.54, 1.807) is 0 Å². The zero-order chi connectivity index (χ0) is 14.5. The van der Waals surface area contributed by atoms with Crippen molar-refractivity contribution in [2.75, 3.05) is 6.61 Å². The van der Waals surface area contributed by atoms with E-state index in [0.29, 0.717) is 6.61 Å². The van der Waals surface area contributed by atoms with Crippen molar-refractivity contribution in [3.05, 3.63) is 83.9 Å². The van der Waals surface area contributed by atoms with Gasteiger partial charge in [-0.25, -0.2) is 0 Å². The highest BCUT2D eigenvalue weighted by atomic mass is 16.5. The largest absolute Gasteiger partial charge is 0.490 e. The molecule has 0 aliphatic rings. The molecule has 21 heavy (non-hydrogen) atoms. The highest BCUT2D eigenvalue weighted by Gasteiger charge is 1.96. The number of benzene rings is 3. The molecule has 0 aromatic heterocycles. The molecule has 0 unspecified atom stereocenters. The molecule has 0 radical (unpaired) electrons. The first-order chi connectivity index (χ1) is 10.3. The Bertz CT molecular complexity index is 771. The highest BCUT2D eigenvalue weighted by molar-refractivity contribution is 5.83. The lowest BCUT2D eigenvalue weighted by Crippen LogP contribution is -1.93. The van der Waals surface area contributed by atoms with Gasteiger partial charge in [-0.15, -0.1) is 0 Å². The van der Waals surface area contributed by atoms with Crippen LogP contribution in [0.25, 0.3) is 16.8 Å². The summed E-state index contributed by atoms with van der Waals surface area (Å²) in [4.78, 5) is 0. The zero-order valence-corrected chi connectivity index (χ0v) is 12.1. The smallest absolute Gasteiger partial charge is 0.120 e. The van der Waals surface area contributed by atoms with Crippen molar-refractivity contribution in [3.8, 4) is 5.75 Å². The molecule has 0 N–H and O–H groups in total. The van der Waals surface area contributed by atoms with Crippen molar-refractivity contribution >= 4 is 16.8 Å². The van der Waals surface area contributed by atoms with Gasteiger partial charge in [-0.3, -0.25) is 0 Å². The molecule has 0 aliphatic carbocycles. The summed E-state index contributed by atoms with van der Waals surface area (Å²) in [5.41, 5.74) is 2.51. The first kappa shape index (κ1) is 13.4. The summed E-state index contributed by atoms with van der Waals surface area (Å²) in [6, 6.07) is 22.8. The van der Waals surface area contributed by atoms with E-state index < -0.39 is 0 Å². The van der Waals surface area contributed by atoms with E-state index in [1.807, 2.05) is 18.2 Å². The Balaban J connectivity index is 1.65. The molecule has 0 heterocycles. The van der Waals surface area contributed by atoms with Crippen molar-refractivity contribution < 1.29 is 4.74 Å². The molecule has 1 heteroatoms.